The third kappa shape index (κ3) is 2.62. The summed E-state index contributed by atoms with van der Waals surface area (Å²) < 4.78 is 5.03. The Labute approximate surface area is 178 Å². The first-order valence-corrected chi connectivity index (χ1v) is 10.2. The quantitative estimate of drug-likeness (QED) is 0.266. The molecule has 0 spiro atoms. The van der Waals surface area contributed by atoms with Gasteiger partial charge in [-0.15, -0.1) is 0 Å². The summed E-state index contributed by atoms with van der Waals surface area (Å²) >= 11 is 0. The van der Waals surface area contributed by atoms with E-state index < -0.39 is 5.97 Å². The fraction of sp³-hybridized carbons (Fsp3) is 0.0370. The number of aromatic nitrogens is 2. The molecule has 4 heteroatoms. The minimum absolute atomic E-state index is 0.298. The third-order valence-corrected chi connectivity index (χ3v) is 5.90. The minimum Gasteiger partial charge on any atom is -0.464 e. The molecule has 0 aliphatic heterocycles. The summed E-state index contributed by atoms with van der Waals surface area (Å²) in [5, 5.41) is 6.46. The molecule has 2 heterocycles. The number of carbonyl (C=O) groups excluding carboxylic acids is 1. The van der Waals surface area contributed by atoms with Crippen molar-refractivity contribution < 1.29 is 9.53 Å². The van der Waals surface area contributed by atoms with Gasteiger partial charge < -0.3 is 9.72 Å². The van der Waals surface area contributed by atoms with E-state index in [1.165, 1.54) is 7.11 Å². The van der Waals surface area contributed by atoms with Gasteiger partial charge in [0.2, 0.25) is 0 Å². The van der Waals surface area contributed by atoms with E-state index in [0.29, 0.717) is 5.69 Å². The average Bonchev–Trinajstić information content (AvgIpc) is 3.20. The highest BCUT2D eigenvalue weighted by atomic mass is 16.5. The zero-order valence-electron chi connectivity index (χ0n) is 16.8. The second-order valence-corrected chi connectivity index (χ2v) is 7.63. The van der Waals surface area contributed by atoms with Gasteiger partial charge in [-0.05, 0) is 39.7 Å². The first-order chi connectivity index (χ1) is 15.2. The summed E-state index contributed by atoms with van der Waals surface area (Å²) in [5.74, 6) is -0.446. The number of pyridine rings is 1. The maximum Gasteiger partial charge on any atom is 0.356 e. The van der Waals surface area contributed by atoms with Gasteiger partial charge in [-0.25, -0.2) is 9.78 Å². The van der Waals surface area contributed by atoms with Gasteiger partial charge in [0.25, 0.3) is 0 Å². The minimum atomic E-state index is -0.446. The number of nitrogens with zero attached hydrogens (tertiary/aromatic N) is 1. The molecule has 148 valence electrons. The zero-order chi connectivity index (χ0) is 20.9. The Morgan fingerprint density at radius 2 is 1.39 bits per heavy atom. The van der Waals surface area contributed by atoms with Crippen LogP contribution >= 0.6 is 0 Å². The first-order valence-electron chi connectivity index (χ1n) is 10.2. The normalized spacial score (nSPS) is 11.5. The van der Waals surface area contributed by atoms with Crippen LogP contribution in [-0.2, 0) is 4.74 Å². The lowest BCUT2D eigenvalue weighted by molar-refractivity contribution is 0.0594. The van der Waals surface area contributed by atoms with Crippen molar-refractivity contribution in [3.8, 4) is 11.3 Å². The lowest BCUT2D eigenvalue weighted by Gasteiger charge is -2.13. The van der Waals surface area contributed by atoms with Crippen molar-refractivity contribution in [3.63, 3.8) is 0 Å². The van der Waals surface area contributed by atoms with Crippen LogP contribution in [-0.4, -0.2) is 23.0 Å². The number of H-pyrrole nitrogens is 1. The molecule has 0 aliphatic rings. The number of carbonyl (C=O) groups is 1. The number of hydrogen-bond donors (Lipinski definition) is 1. The lowest BCUT2D eigenvalue weighted by Crippen LogP contribution is -2.05. The van der Waals surface area contributed by atoms with Crippen molar-refractivity contribution in [3.05, 3.63) is 90.6 Å². The van der Waals surface area contributed by atoms with E-state index in [1.54, 1.807) is 0 Å². The molecule has 0 bridgehead atoms. The highest BCUT2D eigenvalue weighted by Crippen LogP contribution is 2.40. The van der Waals surface area contributed by atoms with Gasteiger partial charge in [0.05, 0.1) is 18.3 Å². The molecule has 6 rings (SSSR count). The smallest absolute Gasteiger partial charge is 0.356 e. The van der Waals surface area contributed by atoms with Crippen LogP contribution in [0.3, 0.4) is 0 Å². The van der Waals surface area contributed by atoms with E-state index in [4.69, 9.17) is 9.72 Å². The summed E-state index contributed by atoms with van der Waals surface area (Å²) in [6.07, 6.45) is 0. The number of aromatic amines is 1. The second kappa shape index (κ2) is 6.67. The van der Waals surface area contributed by atoms with Gasteiger partial charge in [-0.3, -0.25) is 0 Å². The Morgan fingerprint density at radius 1 is 0.774 bits per heavy atom. The van der Waals surface area contributed by atoms with E-state index >= 15 is 0 Å². The van der Waals surface area contributed by atoms with Crippen LogP contribution in [0.15, 0.2) is 84.9 Å². The molecular formula is C27H18N2O2. The summed E-state index contributed by atoms with van der Waals surface area (Å²) in [6.45, 7) is 0. The molecule has 0 fully saturated rings. The fourth-order valence-corrected chi connectivity index (χ4v) is 4.50. The molecule has 4 nitrogen and oxygen atoms in total. The van der Waals surface area contributed by atoms with Gasteiger partial charge in [0, 0.05) is 21.9 Å². The fourth-order valence-electron chi connectivity index (χ4n) is 4.50. The SMILES string of the molecule is COC(=O)c1cc2c([nH]c3ccccc32)c(-c2c3ccccc3cc3ccccc23)n1. The Balaban J connectivity index is 1.85. The van der Waals surface area contributed by atoms with E-state index in [-0.39, 0.29) is 0 Å². The van der Waals surface area contributed by atoms with Crippen LogP contribution in [0.4, 0.5) is 0 Å². The van der Waals surface area contributed by atoms with Crippen LogP contribution in [0.25, 0.3) is 54.6 Å². The van der Waals surface area contributed by atoms with Gasteiger partial charge in [-0.1, -0.05) is 66.7 Å². The highest BCUT2D eigenvalue weighted by molar-refractivity contribution is 6.19. The van der Waals surface area contributed by atoms with E-state index in [9.17, 15) is 4.79 Å². The van der Waals surface area contributed by atoms with Gasteiger partial charge in [0.1, 0.15) is 5.69 Å². The molecule has 0 radical (unpaired) electrons. The number of methoxy groups -OCH3 is 1. The Kier molecular flexibility index (Phi) is 3.80. The maximum atomic E-state index is 12.5. The topological polar surface area (TPSA) is 55.0 Å². The molecular weight excluding hydrogens is 384 g/mol. The van der Waals surface area contributed by atoms with Crippen LogP contribution in [0.5, 0.6) is 0 Å². The van der Waals surface area contributed by atoms with Crippen molar-refractivity contribution in [2.45, 2.75) is 0 Å². The van der Waals surface area contributed by atoms with Gasteiger partial charge >= 0.3 is 5.97 Å². The molecule has 0 saturated carbocycles. The summed E-state index contributed by atoms with van der Waals surface area (Å²) in [5.41, 5.74) is 3.98. The molecule has 0 amide bonds. The molecule has 0 atom stereocenters. The number of benzene rings is 4. The third-order valence-electron chi connectivity index (χ3n) is 5.90. The van der Waals surface area contributed by atoms with E-state index in [1.807, 2.05) is 48.5 Å². The summed E-state index contributed by atoms with van der Waals surface area (Å²) in [7, 11) is 1.39. The van der Waals surface area contributed by atoms with Crippen molar-refractivity contribution in [2.24, 2.45) is 0 Å². The number of esters is 1. The van der Waals surface area contributed by atoms with Crippen molar-refractivity contribution in [1.29, 1.82) is 0 Å². The Morgan fingerprint density at radius 3 is 2.06 bits per heavy atom. The first kappa shape index (κ1) is 17.7. The van der Waals surface area contributed by atoms with E-state index in [0.717, 1.165) is 54.6 Å². The second-order valence-electron chi connectivity index (χ2n) is 7.63. The van der Waals surface area contributed by atoms with Crippen LogP contribution in [0.1, 0.15) is 10.5 Å². The van der Waals surface area contributed by atoms with Gasteiger partial charge in [0.15, 0.2) is 0 Å². The molecule has 2 aromatic heterocycles. The van der Waals surface area contributed by atoms with E-state index in [2.05, 4.69) is 41.4 Å². The number of fused-ring (bicyclic) bond motifs is 5. The highest BCUT2D eigenvalue weighted by Gasteiger charge is 2.20. The lowest BCUT2D eigenvalue weighted by atomic mass is 9.93. The van der Waals surface area contributed by atoms with Crippen molar-refractivity contribution in [1.82, 2.24) is 9.97 Å². The van der Waals surface area contributed by atoms with Crippen molar-refractivity contribution in [2.75, 3.05) is 7.11 Å². The number of para-hydroxylation sites is 1. The largest absolute Gasteiger partial charge is 0.464 e. The summed E-state index contributed by atoms with van der Waals surface area (Å²) in [6, 6.07) is 28.7. The molecule has 0 aliphatic carbocycles. The molecule has 31 heavy (non-hydrogen) atoms. The predicted octanol–water partition coefficient (Wildman–Crippen LogP) is 6.48. The standard InChI is InChI=1S/C27H18N2O2/c1-31-27(30)23-15-21-20-12-6-7-13-22(20)28-25(21)26(29-23)24-18-10-4-2-8-16(18)14-17-9-3-5-11-19(17)24/h2-15,28H,1H3. The Hall–Kier alpha value is -4.18. The average molecular weight is 402 g/mol. The maximum absolute atomic E-state index is 12.5. The Bertz CT molecular complexity index is 1590. The van der Waals surface area contributed by atoms with Crippen LogP contribution in [0, 0.1) is 0 Å². The molecule has 6 aromatic rings. The predicted molar refractivity (Wildman–Crippen MR) is 125 cm³/mol. The molecule has 0 unspecified atom stereocenters. The molecule has 1 N–H and O–H groups in total. The van der Waals surface area contributed by atoms with Crippen LogP contribution in [0.2, 0.25) is 0 Å². The van der Waals surface area contributed by atoms with Crippen LogP contribution < -0.4 is 0 Å². The number of hydrogen-bond acceptors (Lipinski definition) is 3. The number of rotatable bonds is 2. The zero-order valence-corrected chi connectivity index (χ0v) is 16.8. The van der Waals surface area contributed by atoms with Gasteiger partial charge in [-0.2, -0.15) is 0 Å². The molecule has 0 saturated heterocycles. The molecule has 4 aromatic carbocycles. The number of nitrogens with one attached hydrogen (secondary N) is 1. The number of ether oxygens (including phenoxy) is 1. The monoisotopic (exact) mass is 402 g/mol. The summed E-state index contributed by atoms with van der Waals surface area (Å²) in [4.78, 5) is 20.9. The van der Waals surface area contributed by atoms with Crippen molar-refractivity contribution >= 4 is 49.3 Å².